The molecule has 1 aromatic carbocycles. The highest BCUT2D eigenvalue weighted by atomic mass is 35.5. The van der Waals surface area contributed by atoms with Crippen LogP contribution in [0, 0.1) is 0 Å². The van der Waals surface area contributed by atoms with Crippen LogP contribution in [-0.2, 0) is 19.6 Å². The minimum absolute atomic E-state index is 0.0170. The highest BCUT2D eigenvalue weighted by Crippen LogP contribution is 2.23. The Balaban J connectivity index is 3.06. The minimum atomic E-state index is -3.81. The normalized spacial score (nSPS) is 12.6. The Morgan fingerprint density at radius 3 is 2.41 bits per heavy atom. The Morgan fingerprint density at radius 2 is 1.91 bits per heavy atom. The first-order valence-corrected chi connectivity index (χ1v) is 8.11. The highest BCUT2D eigenvalue weighted by molar-refractivity contribution is 7.89. The van der Waals surface area contributed by atoms with Gasteiger partial charge in [0, 0.05) is 14.1 Å². The summed E-state index contributed by atoms with van der Waals surface area (Å²) in [4.78, 5) is 24.7. The fourth-order valence-corrected chi connectivity index (χ4v) is 2.84. The summed E-state index contributed by atoms with van der Waals surface area (Å²) in [6.07, 6.45) is -0.984. The van der Waals surface area contributed by atoms with Gasteiger partial charge in [0.1, 0.15) is 4.90 Å². The minimum Gasteiger partial charge on any atom is -0.449 e. The molecule has 0 aromatic heterocycles. The number of carbonyl (C=O) groups is 2. The van der Waals surface area contributed by atoms with E-state index in [4.69, 9.17) is 16.3 Å². The van der Waals surface area contributed by atoms with Crippen molar-refractivity contribution in [2.24, 2.45) is 0 Å². The van der Waals surface area contributed by atoms with E-state index in [1.165, 1.54) is 45.1 Å². The lowest BCUT2D eigenvalue weighted by Gasteiger charge is -2.17. The van der Waals surface area contributed by atoms with Crippen LogP contribution in [0.4, 0.5) is 0 Å². The van der Waals surface area contributed by atoms with Gasteiger partial charge in [-0.2, -0.15) is 0 Å². The zero-order chi connectivity index (χ0) is 17.1. The van der Waals surface area contributed by atoms with Gasteiger partial charge in [0.2, 0.25) is 10.0 Å². The van der Waals surface area contributed by atoms with E-state index in [0.29, 0.717) is 0 Å². The van der Waals surface area contributed by atoms with Crippen molar-refractivity contribution in [1.29, 1.82) is 0 Å². The van der Waals surface area contributed by atoms with Crippen molar-refractivity contribution in [1.82, 2.24) is 9.62 Å². The maximum atomic E-state index is 12.0. The summed E-state index contributed by atoms with van der Waals surface area (Å²) in [5, 5.41) is -0.0247. The van der Waals surface area contributed by atoms with Gasteiger partial charge in [0.25, 0.3) is 5.91 Å². The zero-order valence-corrected chi connectivity index (χ0v) is 14.2. The number of rotatable bonds is 5. The SMILES string of the molecule is CNS(=O)(=O)c1cc(C(=O)O[C@@H](C)C(=O)N(C)C)ccc1Cl. The Morgan fingerprint density at radius 1 is 1.32 bits per heavy atom. The van der Waals surface area contributed by atoms with Crippen molar-refractivity contribution < 1.29 is 22.7 Å². The molecule has 0 heterocycles. The Bertz CT molecular complexity index is 688. The fourth-order valence-electron chi connectivity index (χ4n) is 1.59. The van der Waals surface area contributed by atoms with E-state index < -0.39 is 22.1 Å². The second kappa shape index (κ2) is 7.08. The molecule has 9 heteroatoms. The van der Waals surface area contributed by atoms with Gasteiger partial charge in [-0.05, 0) is 32.2 Å². The first-order chi connectivity index (χ1) is 10.1. The number of nitrogens with one attached hydrogen (secondary N) is 1. The number of carbonyl (C=O) groups excluding carboxylic acids is 2. The van der Waals surface area contributed by atoms with Crippen LogP contribution < -0.4 is 4.72 Å². The molecule has 0 saturated heterocycles. The molecule has 1 aromatic rings. The summed E-state index contributed by atoms with van der Waals surface area (Å²) >= 11 is 5.83. The van der Waals surface area contributed by atoms with Gasteiger partial charge in [-0.1, -0.05) is 11.6 Å². The molecule has 0 fully saturated rings. The van der Waals surface area contributed by atoms with Crippen molar-refractivity contribution in [3.05, 3.63) is 28.8 Å². The highest BCUT2D eigenvalue weighted by Gasteiger charge is 2.23. The van der Waals surface area contributed by atoms with Crippen LogP contribution in [0.15, 0.2) is 23.1 Å². The first kappa shape index (κ1) is 18.4. The average Bonchev–Trinajstić information content (AvgIpc) is 2.46. The van der Waals surface area contributed by atoms with Gasteiger partial charge >= 0.3 is 5.97 Å². The number of ether oxygens (including phenoxy) is 1. The lowest BCUT2D eigenvalue weighted by Crippen LogP contribution is -2.34. The lowest BCUT2D eigenvalue weighted by atomic mass is 10.2. The monoisotopic (exact) mass is 348 g/mol. The van der Waals surface area contributed by atoms with Crippen LogP contribution >= 0.6 is 11.6 Å². The predicted octanol–water partition coefficient (Wildman–Crippen LogP) is 0.882. The third-order valence-corrected chi connectivity index (χ3v) is 4.69. The molecule has 0 aliphatic heterocycles. The quantitative estimate of drug-likeness (QED) is 0.797. The van der Waals surface area contributed by atoms with E-state index in [9.17, 15) is 18.0 Å². The van der Waals surface area contributed by atoms with Crippen molar-refractivity contribution in [2.75, 3.05) is 21.1 Å². The van der Waals surface area contributed by atoms with Crippen molar-refractivity contribution in [3.63, 3.8) is 0 Å². The summed E-state index contributed by atoms with van der Waals surface area (Å²) in [6.45, 7) is 1.43. The topological polar surface area (TPSA) is 92.8 Å². The molecule has 1 N–H and O–H groups in total. The summed E-state index contributed by atoms with van der Waals surface area (Å²) in [5.41, 5.74) is -0.0170. The van der Waals surface area contributed by atoms with Gasteiger partial charge < -0.3 is 9.64 Å². The molecular weight excluding hydrogens is 332 g/mol. The van der Waals surface area contributed by atoms with Crippen molar-refractivity contribution in [3.8, 4) is 0 Å². The molecule has 0 unspecified atom stereocenters. The Labute approximate surface area is 134 Å². The smallest absolute Gasteiger partial charge is 0.338 e. The molecule has 122 valence electrons. The second-order valence-corrected chi connectivity index (χ2v) is 6.90. The van der Waals surface area contributed by atoms with E-state index in [1.54, 1.807) is 0 Å². The molecule has 0 radical (unpaired) electrons. The number of halogens is 1. The molecular formula is C13H17ClN2O5S. The number of hydrogen-bond acceptors (Lipinski definition) is 5. The van der Waals surface area contributed by atoms with Crippen molar-refractivity contribution >= 4 is 33.5 Å². The largest absolute Gasteiger partial charge is 0.449 e. The number of nitrogens with zero attached hydrogens (tertiary/aromatic N) is 1. The number of amides is 1. The molecule has 1 amide bonds. The van der Waals surface area contributed by atoms with E-state index >= 15 is 0 Å². The van der Waals surface area contributed by atoms with Gasteiger partial charge in [-0.3, -0.25) is 4.79 Å². The van der Waals surface area contributed by atoms with E-state index in [0.717, 1.165) is 6.07 Å². The number of esters is 1. The van der Waals surface area contributed by atoms with Crippen LogP contribution in [0.25, 0.3) is 0 Å². The molecule has 0 saturated carbocycles. The van der Waals surface area contributed by atoms with Crippen LogP contribution in [-0.4, -0.2) is 52.4 Å². The first-order valence-electron chi connectivity index (χ1n) is 6.25. The number of sulfonamides is 1. The van der Waals surface area contributed by atoms with Gasteiger partial charge in [-0.15, -0.1) is 0 Å². The summed E-state index contributed by atoms with van der Waals surface area (Å²) < 4.78 is 30.7. The fraction of sp³-hybridized carbons (Fsp3) is 0.385. The molecule has 0 aliphatic carbocycles. The standard InChI is InChI=1S/C13H17ClN2O5S/c1-8(12(17)16(3)4)21-13(18)9-5-6-10(14)11(7-9)22(19,20)15-2/h5-8,15H,1-4H3/t8-/m0/s1. The number of likely N-dealkylation sites (N-methyl/N-ethyl adjacent to an activating group) is 1. The molecule has 0 aliphatic rings. The van der Waals surface area contributed by atoms with Crippen molar-refractivity contribution in [2.45, 2.75) is 17.9 Å². The summed E-state index contributed by atoms with van der Waals surface area (Å²) in [6, 6.07) is 3.70. The maximum Gasteiger partial charge on any atom is 0.338 e. The maximum absolute atomic E-state index is 12.0. The van der Waals surface area contributed by atoms with Crippen LogP contribution in [0.1, 0.15) is 17.3 Å². The number of hydrogen-bond donors (Lipinski definition) is 1. The summed E-state index contributed by atoms with van der Waals surface area (Å²) in [5.74, 6) is -1.20. The molecule has 1 rings (SSSR count). The lowest BCUT2D eigenvalue weighted by molar-refractivity contribution is -0.137. The Hall–Kier alpha value is -1.64. The zero-order valence-electron chi connectivity index (χ0n) is 12.6. The Kier molecular flexibility index (Phi) is 5.92. The molecule has 0 bridgehead atoms. The van der Waals surface area contributed by atoms with Gasteiger partial charge in [-0.25, -0.2) is 17.9 Å². The third-order valence-electron chi connectivity index (χ3n) is 2.80. The third kappa shape index (κ3) is 4.19. The molecule has 0 spiro atoms. The summed E-state index contributed by atoms with van der Waals surface area (Å²) in [7, 11) is 0.491. The molecule has 22 heavy (non-hydrogen) atoms. The van der Waals surface area contributed by atoms with E-state index in [-0.39, 0.29) is 21.4 Å². The van der Waals surface area contributed by atoms with Gasteiger partial charge in [0.05, 0.1) is 10.6 Å². The van der Waals surface area contributed by atoms with Gasteiger partial charge in [0.15, 0.2) is 6.10 Å². The van der Waals surface area contributed by atoms with E-state index in [2.05, 4.69) is 4.72 Å². The average molecular weight is 349 g/mol. The predicted molar refractivity (Wildman–Crippen MR) is 81.3 cm³/mol. The van der Waals surface area contributed by atoms with Crippen LogP contribution in [0.5, 0.6) is 0 Å². The molecule has 1 atom stereocenters. The molecule has 7 nitrogen and oxygen atoms in total. The number of benzene rings is 1. The van der Waals surface area contributed by atoms with Crippen LogP contribution in [0.3, 0.4) is 0 Å². The van der Waals surface area contributed by atoms with E-state index in [1.807, 2.05) is 0 Å². The second-order valence-electron chi connectivity index (χ2n) is 4.63. The van der Waals surface area contributed by atoms with Crippen LogP contribution in [0.2, 0.25) is 5.02 Å².